The summed E-state index contributed by atoms with van der Waals surface area (Å²) in [5.41, 5.74) is 2.40. The number of carbonyl (C=O) groups excluding carboxylic acids is 1. The topological polar surface area (TPSA) is 53.4 Å². The van der Waals surface area contributed by atoms with Crippen molar-refractivity contribution in [2.75, 3.05) is 0 Å². The molecule has 0 bridgehead atoms. The van der Waals surface area contributed by atoms with Crippen LogP contribution in [-0.4, -0.2) is 21.7 Å². The second-order valence-electron chi connectivity index (χ2n) is 6.56. The number of hydrogen-bond donors (Lipinski definition) is 0. The Morgan fingerprint density at radius 2 is 1.90 bits per heavy atom. The minimum absolute atomic E-state index is 0.0570. The van der Waals surface area contributed by atoms with Crippen LogP contribution in [0.3, 0.4) is 0 Å². The van der Waals surface area contributed by atoms with Crippen molar-refractivity contribution in [3.63, 3.8) is 0 Å². The number of halogens is 4. The molecule has 0 unspecified atom stereocenters. The standard InChI is InChI=1S/C21H18F4N2O3/c1-4-9-27-13(3)12(2)17-16(30-20(28)21(23,24)25)10-26-19(18(17)27)29-11-14-5-7-15(22)8-6-14/h4-8,10H,1,9,11H2,2-3H3. The number of allylic oxidation sites excluding steroid dienone is 1. The van der Waals surface area contributed by atoms with Gasteiger partial charge >= 0.3 is 12.1 Å². The highest BCUT2D eigenvalue weighted by Crippen LogP contribution is 2.38. The monoisotopic (exact) mass is 422 g/mol. The van der Waals surface area contributed by atoms with E-state index in [2.05, 4.69) is 16.3 Å². The molecular formula is C21H18F4N2O3. The summed E-state index contributed by atoms with van der Waals surface area (Å²) in [5, 5.41) is 0.288. The molecule has 0 aliphatic carbocycles. The Hall–Kier alpha value is -3.36. The third-order valence-corrected chi connectivity index (χ3v) is 4.61. The van der Waals surface area contributed by atoms with Crippen LogP contribution >= 0.6 is 0 Å². The van der Waals surface area contributed by atoms with Crippen LogP contribution < -0.4 is 9.47 Å². The van der Waals surface area contributed by atoms with Crippen LogP contribution in [0.4, 0.5) is 17.6 Å². The summed E-state index contributed by atoms with van der Waals surface area (Å²) >= 11 is 0. The SMILES string of the molecule is C=CCn1c(C)c(C)c2c(OC(=O)C(F)(F)F)cnc(OCc3ccc(F)cc3)c21. The molecule has 9 heteroatoms. The average molecular weight is 422 g/mol. The fraction of sp³-hybridized carbons (Fsp3) is 0.238. The third-order valence-electron chi connectivity index (χ3n) is 4.61. The summed E-state index contributed by atoms with van der Waals surface area (Å²) in [5.74, 6) is -2.90. The van der Waals surface area contributed by atoms with Crippen molar-refractivity contribution >= 4 is 16.9 Å². The number of esters is 1. The molecule has 3 aromatic rings. The van der Waals surface area contributed by atoms with E-state index < -0.39 is 12.1 Å². The third kappa shape index (κ3) is 4.14. The van der Waals surface area contributed by atoms with Gasteiger partial charge < -0.3 is 14.0 Å². The van der Waals surface area contributed by atoms with Crippen molar-refractivity contribution in [3.05, 3.63) is 65.8 Å². The molecule has 158 valence electrons. The smallest absolute Gasteiger partial charge is 0.471 e. The van der Waals surface area contributed by atoms with E-state index in [0.29, 0.717) is 23.2 Å². The van der Waals surface area contributed by atoms with E-state index in [9.17, 15) is 22.4 Å². The zero-order valence-electron chi connectivity index (χ0n) is 16.2. The maximum absolute atomic E-state index is 13.1. The molecule has 3 rings (SSSR count). The van der Waals surface area contributed by atoms with Gasteiger partial charge in [0.15, 0.2) is 5.75 Å². The number of benzene rings is 1. The molecule has 0 fully saturated rings. The van der Waals surface area contributed by atoms with E-state index in [1.165, 1.54) is 12.1 Å². The summed E-state index contributed by atoms with van der Waals surface area (Å²) in [7, 11) is 0. The number of carbonyl (C=O) groups is 1. The Morgan fingerprint density at radius 1 is 1.23 bits per heavy atom. The largest absolute Gasteiger partial charge is 0.491 e. The minimum Gasteiger partial charge on any atom is -0.471 e. The van der Waals surface area contributed by atoms with Crippen molar-refractivity contribution in [1.29, 1.82) is 0 Å². The Balaban J connectivity index is 2.08. The van der Waals surface area contributed by atoms with E-state index in [0.717, 1.165) is 11.9 Å². The molecule has 2 heterocycles. The Labute approximate surface area is 169 Å². The molecule has 0 saturated carbocycles. The van der Waals surface area contributed by atoms with Crippen LogP contribution in [0.2, 0.25) is 0 Å². The number of aromatic nitrogens is 2. The van der Waals surface area contributed by atoms with Gasteiger partial charge in [-0.1, -0.05) is 18.2 Å². The fourth-order valence-corrected chi connectivity index (χ4v) is 3.06. The van der Waals surface area contributed by atoms with Gasteiger partial charge in [0.05, 0.1) is 11.6 Å². The van der Waals surface area contributed by atoms with Gasteiger partial charge in [-0.25, -0.2) is 14.2 Å². The van der Waals surface area contributed by atoms with Crippen LogP contribution in [-0.2, 0) is 17.9 Å². The molecule has 0 atom stereocenters. The van der Waals surface area contributed by atoms with Crippen molar-refractivity contribution in [1.82, 2.24) is 9.55 Å². The number of rotatable bonds is 6. The summed E-state index contributed by atoms with van der Waals surface area (Å²) in [6.07, 6.45) is -2.50. The number of nitrogens with zero attached hydrogens (tertiary/aromatic N) is 2. The Bertz CT molecular complexity index is 1100. The maximum atomic E-state index is 13.1. The minimum atomic E-state index is -5.14. The second-order valence-corrected chi connectivity index (χ2v) is 6.56. The van der Waals surface area contributed by atoms with Gasteiger partial charge in [0.25, 0.3) is 0 Å². The first-order chi connectivity index (χ1) is 14.1. The van der Waals surface area contributed by atoms with Gasteiger partial charge in [-0.15, -0.1) is 6.58 Å². The molecule has 0 N–H and O–H groups in total. The summed E-state index contributed by atoms with van der Waals surface area (Å²) < 4.78 is 63.3. The fourth-order valence-electron chi connectivity index (χ4n) is 3.06. The molecule has 2 aromatic heterocycles. The van der Waals surface area contributed by atoms with Crippen molar-refractivity contribution in [3.8, 4) is 11.6 Å². The van der Waals surface area contributed by atoms with Crippen LogP contribution in [0.5, 0.6) is 11.6 Å². The highest BCUT2D eigenvalue weighted by molar-refractivity contribution is 5.96. The van der Waals surface area contributed by atoms with Crippen molar-refractivity contribution in [2.24, 2.45) is 0 Å². The lowest BCUT2D eigenvalue weighted by Crippen LogP contribution is -2.28. The number of ether oxygens (including phenoxy) is 2. The van der Waals surface area contributed by atoms with E-state index in [1.54, 1.807) is 36.6 Å². The number of alkyl halides is 3. The first-order valence-electron chi connectivity index (χ1n) is 8.89. The number of pyridine rings is 1. The molecule has 0 amide bonds. The van der Waals surface area contributed by atoms with Crippen LogP contribution in [0.1, 0.15) is 16.8 Å². The lowest BCUT2D eigenvalue weighted by Gasteiger charge is -2.13. The van der Waals surface area contributed by atoms with Crippen LogP contribution in [0.15, 0.2) is 43.1 Å². The highest BCUT2D eigenvalue weighted by Gasteiger charge is 2.42. The molecule has 0 radical (unpaired) electrons. The van der Waals surface area contributed by atoms with Crippen molar-refractivity contribution in [2.45, 2.75) is 33.2 Å². The molecule has 1 aromatic carbocycles. The normalized spacial score (nSPS) is 11.5. The van der Waals surface area contributed by atoms with E-state index in [4.69, 9.17) is 4.74 Å². The molecule has 0 aliphatic rings. The Morgan fingerprint density at radius 3 is 2.50 bits per heavy atom. The Kier molecular flexibility index (Phi) is 5.82. The molecular weight excluding hydrogens is 404 g/mol. The zero-order chi connectivity index (χ0) is 22.1. The number of fused-ring (bicyclic) bond motifs is 1. The molecule has 0 aliphatic heterocycles. The second kappa shape index (κ2) is 8.17. The van der Waals surface area contributed by atoms with Gasteiger partial charge in [0.1, 0.15) is 17.9 Å². The summed E-state index contributed by atoms with van der Waals surface area (Å²) in [6, 6.07) is 5.67. The van der Waals surface area contributed by atoms with Crippen LogP contribution in [0, 0.1) is 19.7 Å². The van der Waals surface area contributed by atoms with Gasteiger partial charge in [-0.3, -0.25) is 0 Å². The lowest BCUT2D eigenvalue weighted by molar-refractivity contribution is -0.189. The van der Waals surface area contributed by atoms with Crippen LogP contribution in [0.25, 0.3) is 10.9 Å². The van der Waals surface area contributed by atoms with E-state index in [1.807, 2.05) is 0 Å². The maximum Gasteiger partial charge on any atom is 0.491 e. The average Bonchev–Trinajstić information content (AvgIpc) is 2.94. The molecule has 0 saturated heterocycles. The first-order valence-corrected chi connectivity index (χ1v) is 8.89. The highest BCUT2D eigenvalue weighted by atomic mass is 19.4. The number of aryl methyl sites for hydroxylation is 1. The molecule has 0 spiro atoms. The lowest BCUT2D eigenvalue weighted by atomic mass is 10.2. The van der Waals surface area contributed by atoms with E-state index >= 15 is 0 Å². The van der Waals surface area contributed by atoms with Gasteiger partial charge in [0.2, 0.25) is 5.88 Å². The molecule has 30 heavy (non-hydrogen) atoms. The van der Waals surface area contributed by atoms with Gasteiger partial charge in [-0.2, -0.15) is 13.2 Å². The van der Waals surface area contributed by atoms with E-state index in [-0.39, 0.29) is 29.4 Å². The zero-order valence-corrected chi connectivity index (χ0v) is 16.2. The first kappa shape index (κ1) is 21.4. The van der Waals surface area contributed by atoms with Gasteiger partial charge in [0, 0.05) is 12.2 Å². The summed E-state index contributed by atoms with van der Waals surface area (Å²) in [4.78, 5) is 15.4. The summed E-state index contributed by atoms with van der Waals surface area (Å²) in [6.45, 7) is 7.56. The quantitative estimate of drug-likeness (QED) is 0.318. The molecule has 5 nitrogen and oxygen atoms in total. The van der Waals surface area contributed by atoms with Crippen molar-refractivity contribution < 1.29 is 31.8 Å². The predicted molar refractivity (Wildman–Crippen MR) is 102 cm³/mol. The predicted octanol–water partition coefficient (Wildman–Crippen LogP) is 5.02. The van der Waals surface area contributed by atoms with Gasteiger partial charge in [-0.05, 0) is 37.1 Å². The number of hydrogen-bond acceptors (Lipinski definition) is 4.